The highest BCUT2D eigenvalue weighted by Gasteiger charge is 2.16. The minimum atomic E-state index is -3.61. The van der Waals surface area contributed by atoms with Crippen molar-refractivity contribution in [2.75, 3.05) is 6.61 Å². The van der Waals surface area contributed by atoms with Gasteiger partial charge in [0, 0.05) is 13.2 Å². The highest BCUT2D eigenvalue weighted by atomic mass is 32.2. The molecule has 74 valence electrons. The average molecular weight is 205 g/mol. The molecule has 0 amide bonds. The van der Waals surface area contributed by atoms with Crippen LogP contribution in [0.2, 0.25) is 0 Å². The van der Waals surface area contributed by atoms with Gasteiger partial charge in [-0.15, -0.1) is 0 Å². The van der Waals surface area contributed by atoms with Gasteiger partial charge in [0.2, 0.25) is 0 Å². The molecule has 0 aliphatic rings. The summed E-state index contributed by atoms with van der Waals surface area (Å²) in [5.74, 6) is 0. The number of aryl methyl sites for hydroxylation is 1. The summed E-state index contributed by atoms with van der Waals surface area (Å²) in [6.45, 7) is 1.95. The van der Waals surface area contributed by atoms with Crippen LogP contribution in [0, 0.1) is 0 Å². The zero-order valence-electron chi connectivity index (χ0n) is 7.39. The van der Waals surface area contributed by atoms with Gasteiger partial charge in [-0.2, -0.15) is 0 Å². The second-order valence-corrected chi connectivity index (χ2v) is 3.99. The molecule has 1 aromatic rings. The summed E-state index contributed by atoms with van der Waals surface area (Å²) in [6, 6.07) is 0. The molecule has 0 aromatic carbocycles. The third kappa shape index (κ3) is 2.51. The summed E-state index contributed by atoms with van der Waals surface area (Å²) in [5.41, 5.74) is 0. The normalized spacial score (nSPS) is 11.8. The zero-order chi connectivity index (χ0) is 9.90. The molecule has 0 saturated carbocycles. The first-order chi connectivity index (χ1) is 6.06. The van der Waals surface area contributed by atoms with E-state index in [2.05, 4.69) is 9.82 Å². The lowest BCUT2D eigenvalue weighted by Crippen LogP contribution is -2.24. The summed E-state index contributed by atoms with van der Waals surface area (Å²) in [5, 5.41) is -0.0524. The smallest absolute Gasteiger partial charge is 0.281 e. The Morgan fingerprint density at radius 2 is 2.38 bits per heavy atom. The molecule has 7 heteroatoms. The third-order valence-corrected chi connectivity index (χ3v) is 2.37. The second kappa shape index (κ2) is 3.86. The number of hydrogen-bond donors (Lipinski definition) is 1. The molecule has 0 saturated heterocycles. The van der Waals surface area contributed by atoms with Gasteiger partial charge >= 0.3 is 0 Å². The van der Waals surface area contributed by atoms with Gasteiger partial charge in [-0.1, -0.05) is 4.89 Å². The zero-order valence-corrected chi connectivity index (χ0v) is 8.21. The van der Waals surface area contributed by atoms with Crippen LogP contribution in [-0.2, 0) is 21.9 Å². The van der Waals surface area contributed by atoms with Crippen molar-refractivity contribution in [2.45, 2.75) is 11.9 Å². The van der Waals surface area contributed by atoms with Gasteiger partial charge < -0.3 is 4.57 Å². The molecule has 0 radical (unpaired) electrons. The van der Waals surface area contributed by atoms with Crippen LogP contribution in [0.4, 0.5) is 0 Å². The highest BCUT2D eigenvalue weighted by molar-refractivity contribution is 7.89. The van der Waals surface area contributed by atoms with E-state index in [-0.39, 0.29) is 11.6 Å². The largest absolute Gasteiger partial charge is 0.339 e. The van der Waals surface area contributed by atoms with Gasteiger partial charge in [-0.05, 0) is 6.92 Å². The van der Waals surface area contributed by atoms with Crippen molar-refractivity contribution < 1.29 is 13.3 Å². The van der Waals surface area contributed by atoms with E-state index in [4.69, 9.17) is 0 Å². The third-order valence-electron chi connectivity index (χ3n) is 1.27. The van der Waals surface area contributed by atoms with Crippen molar-refractivity contribution in [1.29, 1.82) is 0 Å². The number of aromatic nitrogens is 2. The lowest BCUT2D eigenvalue weighted by atomic mass is 10.9. The van der Waals surface area contributed by atoms with Crippen molar-refractivity contribution >= 4 is 10.0 Å². The molecule has 1 heterocycles. The first kappa shape index (κ1) is 10.2. The molecule has 0 aliphatic heterocycles. The van der Waals surface area contributed by atoms with Crippen molar-refractivity contribution in [3.05, 3.63) is 12.5 Å². The predicted octanol–water partition coefficient (Wildman–Crippen LogP) is -0.350. The molecule has 0 spiro atoms. The molecular formula is C6H11N3O3S. The maximum absolute atomic E-state index is 11.3. The fourth-order valence-corrected chi connectivity index (χ4v) is 1.56. The van der Waals surface area contributed by atoms with E-state index in [1.807, 2.05) is 4.89 Å². The Hall–Kier alpha value is -0.920. The van der Waals surface area contributed by atoms with Crippen LogP contribution in [-0.4, -0.2) is 24.6 Å². The number of hydrogen-bond acceptors (Lipinski definition) is 4. The Kier molecular flexibility index (Phi) is 3.02. The van der Waals surface area contributed by atoms with Crippen LogP contribution in [0.1, 0.15) is 6.92 Å². The number of sulfonamides is 1. The number of nitrogens with zero attached hydrogens (tertiary/aromatic N) is 2. The monoisotopic (exact) mass is 205 g/mol. The maximum atomic E-state index is 11.3. The fraction of sp³-hybridized carbons (Fsp3) is 0.500. The minimum absolute atomic E-state index is 0.0524. The van der Waals surface area contributed by atoms with Gasteiger partial charge in [0.1, 0.15) is 0 Å². The van der Waals surface area contributed by atoms with Gasteiger partial charge in [0.25, 0.3) is 10.0 Å². The van der Waals surface area contributed by atoms with Gasteiger partial charge in [-0.3, -0.25) is 4.84 Å². The van der Waals surface area contributed by atoms with Gasteiger partial charge in [-0.25, -0.2) is 13.4 Å². The quantitative estimate of drug-likeness (QED) is 0.682. The van der Waals surface area contributed by atoms with Crippen LogP contribution in [0.25, 0.3) is 0 Å². The molecule has 1 N–H and O–H groups in total. The summed E-state index contributed by atoms with van der Waals surface area (Å²) in [7, 11) is -1.92. The van der Waals surface area contributed by atoms with Crippen molar-refractivity contribution in [2.24, 2.45) is 7.05 Å². The Bertz CT molecular complexity index is 370. The topological polar surface area (TPSA) is 73.2 Å². The van der Waals surface area contributed by atoms with Crippen LogP contribution in [0.15, 0.2) is 17.6 Å². The molecule has 0 unspecified atom stereocenters. The van der Waals surface area contributed by atoms with E-state index in [9.17, 15) is 8.42 Å². The predicted molar refractivity (Wildman–Crippen MR) is 45.2 cm³/mol. The van der Waals surface area contributed by atoms with Gasteiger partial charge in [0.15, 0.2) is 5.03 Å². The first-order valence-electron chi connectivity index (χ1n) is 3.68. The highest BCUT2D eigenvalue weighted by Crippen LogP contribution is 2.02. The molecule has 1 aromatic heterocycles. The fourth-order valence-electron chi connectivity index (χ4n) is 0.707. The van der Waals surface area contributed by atoms with E-state index in [0.717, 1.165) is 0 Å². The lowest BCUT2D eigenvalue weighted by Gasteiger charge is -2.01. The number of imidazole rings is 1. The van der Waals surface area contributed by atoms with Crippen LogP contribution in [0.5, 0.6) is 0 Å². The number of rotatable bonds is 4. The van der Waals surface area contributed by atoms with Gasteiger partial charge in [0.05, 0.1) is 12.9 Å². The Morgan fingerprint density at radius 1 is 1.69 bits per heavy atom. The van der Waals surface area contributed by atoms with Crippen molar-refractivity contribution in [3.8, 4) is 0 Å². The van der Waals surface area contributed by atoms with Crippen LogP contribution in [0.3, 0.4) is 0 Å². The molecule has 0 aliphatic carbocycles. The lowest BCUT2D eigenvalue weighted by molar-refractivity contribution is 0.105. The molecular weight excluding hydrogens is 194 g/mol. The maximum Gasteiger partial charge on any atom is 0.281 e. The van der Waals surface area contributed by atoms with Crippen molar-refractivity contribution in [3.63, 3.8) is 0 Å². The Morgan fingerprint density at radius 3 is 2.85 bits per heavy atom. The second-order valence-electron chi connectivity index (χ2n) is 2.40. The summed E-state index contributed by atoms with van der Waals surface area (Å²) in [4.78, 5) is 10.2. The first-order valence-corrected chi connectivity index (χ1v) is 5.16. The number of nitrogens with one attached hydrogen (secondary N) is 1. The van der Waals surface area contributed by atoms with Crippen LogP contribution < -0.4 is 4.89 Å². The van der Waals surface area contributed by atoms with Crippen molar-refractivity contribution in [1.82, 2.24) is 14.4 Å². The molecule has 0 bridgehead atoms. The summed E-state index contributed by atoms with van der Waals surface area (Å²) >= 11 is 0. The molecule has 0 fully saturated rings. The summed E-state index contributed by atoms with van der Waals surface area (Å²) in [6.07, 6.45) is 2.79. The molecule has 0 atom stereocenters. The van der Waals surface area contributed by atoms with Crippen LogP contribution >= 0.6 is 0 Å². The SMILES string of the molecule is CCONS(=O)(=O)c1cn(C)cn1. The van der Waals surface area contributed by atoms with E-state index < -0.39 is 10.0 Å². The molecule has 13 heavy (non-hydrogen) atoms. The molecule has 6 nitrogen and oxygen atoms in total. The molecule has 1 rings (SSSR count). The standard InChI is InChI=1S/C6H11N3O3S/c1-3-12-8-13(10,11)6-4-9(2)5-7-6/h4-5,8H,3H2,1-2H3. The Labute approximate surface area is 76.5 Å². The van der Waals surface area contributed by atoms with E-state index in [1.54, 1.807) is 18.5 Å². The summed E-state index contributed by atoms with van der Waals surface area (Å²) < 4.78 is 24.1. The van der Waals surface area contributed by atoms with E-state index in [0.29, 0.717) is 0 Å². The van der Waals surface area contributed by atoms with E-state index >= 15 is 0 Å². The Balaban J connectivity index is 2.82. The average Bonchev–Trinajstić information content (AvgIpc) is 2.49. The minimum Gasteiger partial charge on any atom is -0.339 e. The van der Waals surface area contributed by atoms with E-state index in [1.165, 1.54) is 12.5 Å².